The maximum Gasteiger partial charge on any atom is 0.147 e. The van der Waals surface area contributed by atoms with E-state index in [9.17, 15) is 0 Å². The monoisotopic (exact) mass is 178 g/mol. The van der Waals surface area contributed by atoms with Crippen LogP contribution in [0, 0.1) is 5.41 Å². The van der Waals surface area contributed by atoms with Gasteiger partial charge in [0.05, 0.1) is 16.6 Å². The minimum absolute atomic E-state index is 0.0643. The van der Waals surface area contributed by atoms with Crippen LogP contribution in [-0.4, -0.2) is 9.94 Å². The first-order chi connectivity index (χ1) is 4.61. The van der Waals surface area contributed by atoms with Crippen LogP contribution in [0.5, 0.6) is 0 Å². The lowest BCUT2D eigenvalue weighted by molar-refractivity contribution is 0.185. The lowest BCUT2D eigenvalue weighted by Crippen LogP contribution is -2.05. The van der Waals surface area contributed by atoms with Crippen LogP contribution < -0.4 is 5.36 Å². The fraction of sp³-hybridized carbons (Fsp3) is 0. The predicted molar refractivity (Wildman–Crippen MR) is 37.5 cm³/mol. The van der Waals surface area contributed by atoms with Crippen molar-refractivity contribution in [3.05, 3.63) is 27.8 Å². The number of nitrogens with zero attached hydrogens (tertiary/aromatic N) is 1. The van der Waals surface area contributed by atoms with Gasteiger partial charge in [0.2, 0.25) is 0 Å². The highest BCUT2D eigenvalue weighted by Gasteiger charge is 1.97. The van der Waals surface area contributed by atoms with Gasteiger partial charge >= 0.3 is 0 Å². The molecule has 1 aromatic heterocycles. The molecule has 0 unspecified atom stereocenters. The van der Waals surface area contributed by atoms with Crippen molar-refractivity contribution in [1.82, 2.24) is 4.73 Å². The second-order valence-electron chi connectivity index (χ2n) is 1.70. The molecule has 0 aliphatic rings. The molecule has 0 atom stereocenters. The number of pyridine rings is 1. The van der Waals surface area contributed by atoms with Crippen molar-refractivity contribution in [2.75, 3.05) is 0 Å². The van der Waals surface area contributed by atoms with Crippen molar-refractivity contribution < 1.29 is 5.21 Å². The van der Waals surface area contributed by atoms with E-state index in [1.165, 1.54) is 6.07 Å². The minimum Gasteiger partial charge on any atom is -0.428 e. The molecule has 0 radical (unpaired) electrons. The van der Waals surface area contributed by atoms with Crippen LogP contribution in [0.2, 0.25) is 10.2 Å². The van der Waals surface area contributed by atoms with Crippen LogP contribution in [0.1, 0.15) is 0 Å². The zero-order chi connectivity index (χ0) is 7.72. The fourth-order valence-electron chi connectivity index (χ4n) is 0.493. The van der Waals surface area contributed by atoms with E-state index >= 15 is 0 Å². The van der Waals surface area contributed by atoms with Gasteiger partial charge in [-0.15, -0.1) is 0 Å². The number of halogens is 2. The number of nitrogens with one attached hydrogen (secondary N) is 1. The third-order valence-corrected chi connectivity index (χ3v) is 1.56. The van der Waals surface area contributed by atoms with Gasteiger partial charge in [0, 0.05) is 6.07 Å². The summed E-state index contributed by atoms with van der Waals surface area (Å²) in [7, 11) is 0. The third kappa shape index (κ3) is 1.25. The largest absolute Gasteiger partial charge is 0.428 e. The highest BCUT2D eigenvalue weighted by Crippen LogP contribution is 2.06. The molecule has 10 heavy (non-hydrogen) atoms. The highest BCUT2D eigenvalue weighted by molar-refractivity contribution is 6.31. The molecule has 0 fully saturated rings. The van der Waals surface area contributed by atoms with E-state index in [0.717, 1.165) is 6.20 Å². The quantitative estimate of drug-likeness (QED) is 0.460. The molecule has 0 amide bonds. The smallest absolute Gasteiger partial charge is 0.147 e. The maximum absolute atomic E-state index is 8.84. The molecule has 0 aromatic carbocycles. The van der Waals surface area contributed by atoms with Crippen LogP contribution in [0.25, 0.3) is 0 Å². The van der Waals surface area contributed by atoms with Gasteiger partial charge in [-0.1, -0.05) is 23.2 Å². The van der Waals surface area contributed by atoms with Gasteiger partial charge in [0.25, 0.3) is 0 Å². The fourth-order valence-corrected chi connectivity index (χ4v) is 0.798. The van der Waals surface area contributed by atoms with Gasteiger partial charge in [-0.3, -0.25) is 5.41 Å². The molecule has 2 N–H and O–H groups in total. The standard InChI is InChI=1S/C5H4Cl2N2O/c6-3-2-9(10)5(7)1-4(3)8/h1-2,8,10H. The summed E-state index contributed by atoms with van der Waals surface area (Å²) in [6, 6.07) is 1.25. The molecular weight excluding hydrogens is 175 g/mol. The van der Waals surface area contributed by atoms with Crippen molar-refractivity contribution >= 4 is 23.2 Å². The Labute approximate surface area is 66.9 Å². The molecule has 1 aromatic rings. The van der Waals surface area contributed by atoms with Gasteiger partial charge in [-0.05, 0) is 0 Å². The van der Waals surface area contributed by atoms with Crippen molar-refractivity contribution in [2.45, 2.75) is 0 Å². The van der Waals surface area contributed by atoms with E-state index < -0.39 is 0 Å². The van der Waals surface area contributed by atoms with Crippen molar-refractivity contribution in [3.8, 4) is 0 Å². The normalized spacial score (nSPS) is 9.80. The molecule has 0 saturated carbocycles. The van der Waals surface area contributed by atoms with Crippen LogP contribution in [0.4, 0.5) is 0 Å². The van der Waals surface area contributed by atoms with Crippen molar-refractivity contribution in [3.63, 3.8) is 0 Å². The van der Waals surface area contributed by atoms with Crippen LogP contribution in [0.15, 0.2) is 12.3 Å². The molecule has 0 saturated heterocycles. The summed E-state index contributed by atoms with van der Waals surface area (Å²) < 4.78 is 0.655. The van der Waals surface area contributed by atoms with Crippen molar-refractivity contribution in [1.29, 1.82) is 5.41 Å². The predicted octanol–water partition coefficient (Wildman–Crippen LogP) is 1.51. The summed E-state index contributed by atoms with van der Waals surface area (Å²) in [5.41, 5.74) is 0. The van der Waals surface area contributed by atoms with Gasteiger partial charge in [0.15, 0.2) is 0 Å². The Morgan fingerprint density at radius 1 is 1.50 bits per heavy atom. The Balaban J connectivity index is 3.43. The average Bonchev–Trinajstić information content (AvgIpc) is 1.84. The Morgan fingerprint density at radius 3 is 2.60 bits per heavy atom. The lowest BCUT2D eigenvalue weighted by atomic mass is 10.5. The van der Waals surface area contributed by atoms with E-state index in [0.29, 0.717) is 4.73 Å². The van der Waals surface area contributed by atoms with E-state index in [-0.39, 0.29) is 15.5 Å². The summed E-state index contributed by atoms with van der Waals surface area (Å²) in [5, 5.41) is 16.3. The first-order valence-electron chi connectivity index (χ1n) is 2.43. The summed E-state index contributed by atoms with van der Waals surface area (Å²) in [6.45, 7) is 0. The van der Waals surface area contributed by atoms with Crippen molar-refractivity contribution in [2.24, 2.45) is 0 Å². The van der Waals surface area contributed by atoms with E-state index in [2.05, 4.69) is 0 Å². The molecule has 5 heteroatoms. The summed E-state index contributed by atoms with van der Waals surface area (Å²) in [6.07, 6.45) is 1.16. The molecular formula is C5H4Cl2N2O. The number of rotatable bonds is 0. The SMILES string of the molecule is N=c1cc(Cl)n(O)cc1Cl. The summed E-state index contributed by atoms with van der Waals surface area (Å²) in [4.78, 5) is 0. The second-order valence-corrected chi connectivity index (χ2v) is 2.50. The molecule has 0 aliphatic heterocycles. The number of hydrogen-bond donors (Lipinski definition) is 2. The zero-order valence-electron chi connectivity index (χ0n) is 4.81. The molecule has 1 rings (SSSR count). The number of hydrogen-bond acceptors (Lipinski definition) is 2. The van der Waals surface area contributed by atoms with E-state index in [4.69, 9.17) is 33.8 Å². The molecule has 0 aliphatic carbocycles. The van der Waals surface area contributed by atoms with Crippen LogP contribution >= 0.6 is 23.2 Å². The average molecular weight is 179 g/mol. The Hall–Kier alpha value is -0.670. The maximum atomic E-state index is 8.84. The molecule has 0 bridgehead atoms. The molecule has 3 nitrogen and oxygen atoms in total. The summed E-state index contributed by atoms with van der Waals surface area (Å²) in [5.74, 6) is 0. The second kappa shape index (κ2) is 2.52. The van der Waals surface area contributed by atoms with Gasteiger partial charge in [-0.25, -0.2) is 0 Å². The zero-order valence-corrected chi connectivity index (χ0v) is 6.32. The lowest BCUT2D eigenvalue weighted by Gasteiger charge is -1.99. The minimum atomic E-state index is 0.0643. The van der Waals surface area contributed by atoms with Crippen LogP contribution in [-0.2, 0) is 0 Å². The highest BCUT2D eigenvalue weighted by atomic mass is 35.5. The van der Waals surface area contributed by atoms with Crippen LogP contribution in [0.3, 0.4) is 0 Å². The number of aromatic nitrogens is 1. The topological polar surface area (TPSA) is 49.0 Å². The molecule has 54 valence electrons. The van der Waals surface area contributed by atoms with Gasteiger partial charge in [-0.2, -0.15) is 4.73 Å². The van der Waals surface area contributed by atoms with Gasteiger partial charge < -0.3 is 5.21 Å². The van der Waals surface area contributed by atoms with E-state index in [1.54, 1.807) is 0 Å². The third-order valence-electron chi connectivity index (χ3n) is 0.975. The summed E-state index contributed by atoms with van der Waals surface area (Å²) >= 11 is 10.9. The molecule has 0 spiro atoms. The Bertz CT molecular complexity index is 307. The van der Waals surface area contributed by atoms with E-state index in [1.807, 2.05) is 0 Å². The first-order valence-corrected chi connectivity index (χ1v) is 3.18. The Morgan fingerprint density at radius 2 is 2.10 bits per heavy atom. The Kier molecular flexibility index (Phi) is 1.87. The van der Waals surface area contributed by atoms with Gasteiger partial charge in [0.1, 0.15) is 5.15 Å². The first kappa shape index (κ1) is 7.44. The molecule has 1 heterocycles.